The molecule has 2 aromatic heterocycles. The predicted molar refractivity (Wildman–Crippen MR) is 109 cm³/mol. The lowest BCUT2D eigenvalue weighted by atomic mass is 10.1. The number of rotatable bonds is 6. The van der Waals surface area contributed by atoms with Gasteiger partial charge in [-0.2, -0.15) is 11.8 Å². The number of hydrogen-bond donors (Lipinski definition) is 2. The van der Waals surface area contributed by atoms with Crippen molar-refractivity contribution in [3.8, 4) is 0 Å². The van der Waals surface area contributed by atoms with Gasteiger partial charge in [0.1, 0.15) is 24.5 Å². The molecule has 3 aromatic rings. The molecule has 0 spiro atoms. The summed E-state index contributed by atoms with van der Waals surface area (Å²) in [7, 11) is 0. The summed E-state index contributed by atoms with van der Waals surface area (Å²) in [6.07, 6.45) is 4.94. The van der Waals surface area contributed by atoms with Gasteiger partial charge in [0, 0.05) is 17.6 Å². The maximum absolute atomic E-state index is 13.5. The van der Waals surface area contributed by atoms with Crippen molar-refractivity contribution in [1.82, 2.24) is 14.5 Å². The number of alkyl halides is 1. The maximum Gasteiger partial charge on any atom is 0.258 e. The van der Waals surface area contributed by atoms with Crippen LogP contribution in [0.1, 0.15) is 29.8 Å². The third kappa shape index (κ3) is 3.75. The molecule has 6 nitrogen and oxygen atoms in total. The van der Waals surface area contributed by atoms with Gasteiger partial charge in [0.15, 0.2) is 0 Å². The van der Waals surface area contributed by atoms with Crippen molar-refractivity contribution in [3.05, 3.63) is 47.9 Å². The molecular weight excluding hydrogens is 365 g/mol. The Morgan fingerprint density at radius 1 is 1.30 bits per heavy atom. The second-order valence-corrected chi connectivity index (χ2v) is 7.77. The molecule has 3 rings (SSSR count). The summed E-state index contributed by atoms with van der Waals surface area (Å²) in [5.74, 6) is 0.759. The van der Waals surface area contributed by atoms with E-state index in [0.717, 1.165) is 5.75 Å². The number of thioether (sulfide) groups is 1. The highest BCUT2D eigenvalue weighted by molar-refractivity contribution is 7.97. The van der Waals surface area contributed by atoms with Crippen LogP contribution < -0.4 is 11.1 Å². The Morgan fingerprint density at radius 2 is 2.00 bits per heavy atom. The molecule has 142 valence electrons. The van der Waals surface area contributed by atoms with Crippen molar-refractivity contribution in [2.45, 2.75) is 25.1 Å². The van der Waals surface area contributed by atoms with Crippen molar-refractivity contribution < 1.29 is 9.18 Å². The van der Waals surface area contributed by atoms with Crippen molar-refractivity contribution in [1.29, 1.82) is 0 Å². The van der Waals surface area contributed by atoms with Crippen LogP contribution in [-0.2, 0) is 11.3 Å². The zero-order valence-corrected chi connectivity index (χ0v) is 16.3. The summed E-state index contributed by atoms with van der Waals surface area (Å²) in [4.78, 5) is 21.1. The van der Waals surface area contributed by atoms with E-state index in [1.165, 1.54) is 11.9 Å². The van der Waals surface area contributed by atoms with Crippen molar-refractivity contribution in [2.24, 2.45) is 0 Å². The largest absolute Gasteiger partial charge is 0.383 e. The van der Waals surface area contributed by atoms with Crippen LogP contribution in [0.4, 0.5) is 15.9 Å². The van der Waals surface area contributed by atoms with Gasteiger partial charge in [-0.25, -0.2) is 14.4 Å². The standard InChI is InChI=1S/C19H22FN5OS/c1-19(2,10-20)25-8-14(15-16(21)22-11-23-17(15)25)18(26)24-13-6-4-12(5-7-13)9-27-3/h4-8,11H,9-10H2,1-3H3,(H,24,26)(H2,21,22,23). The van der Waals surface area contributed by atoms with Crippen LogP contribution in [0.3, 0.4) is 0 Å². The molecule has 1 aromatic carbocycles. The molecule has 8 heteroatoms. The van der Waals surface area contributed by atoms with E-state index in [9.17, 15) is 9.18 Å². The molecule has 0 atom stereocenters. The second kappa shape index (κ2) is 7.56. The Bertz CT molecular complexity index is 968. The van der Waals surface area contributed by atoms with Crippen LogP contribution in [0.5, 0.6) is 0 Å². The first-order valence-electron chi connectivity index (χ1n) is 8.44. The van der Waals surface area contributed by atoms with Gasteiger partial charge in [-0.1, -0.05) is 12.1 Å². The van der Waals surface area contributed by atoms with Gasteiger partial charge < -0.3 is 15.6 Å². The number of nitrogen functional groups attached to an aromatic ring is 1. The molecule has 0 saturated carbocycles. The van der Waals surface area contributed by atoms with Gasteiger partial charge in [-0.3, -0.25) is 4.79 Å². The Hall–Kier alpha value is -2.61. The second-order valence-electron chi connectivity index (χ2n) is 6.90. The molecule has 0 radical (unpaired) electrons. The first-order valence-corrected chi connectivity index (χ1v) is 9.84. The average molecular weight is 387 g/mol. The molecule has 0 saturated heterocycles. The highest BCUT2D eigenvalue weighted by Gasteiger charge is 2.27. The molecule has 3 N–H and O–H groups in total. The average Bonchev–Trinajstić information content (AvgIpc) is 3.06. The molecule has 0 bridgehead atoms. The molecule has 1 amide bonds. The normalized spacial score (nSPS) is 11.7. The lowest BCUT2D eigenvalue weighted by Gasteiger charge is -2.23. The number of carbonyl (C=O) groups is 1. The number of aromatic nitrogens is 3. The van der Waals surface area contributed by atoms with Crippen LogP contribution in [0, 0.1) is 0 Å². The number of amides is 1. The zero-order chi connectivity index (χ0) is 19.6. The number of nitrogens with one attached hydrogen (secondary N) is 1. The van der Waals surface area contributed by atoms with Crippen LogP contribution in [0.25, 0.3) is 11.0 Å². The van der Waals surface area contributed by atoms with E-state index in [1.54, 1.807) is 36.4 Å². The summed E-state index contributed by atoms with van der Waals surface area (Å²) >= 11 is 1.73. The number of nitrogens with two attached hydrogens (primary N) is 1. The maximum atomic E-state index is 13.5. The third-order valence-electron chi connectivity index (χ3n) is 4.36. The molecule has 0 aliphatic heterocycles. The fourth-order valence-corrected chi connectivity index (χ4v) is 3.36. The van der Waals surface area contributed by atoms with Gasteiger partial charge in [-0.05, 0) is 37.8 Å². The third-order valence-corrected chi connectivity index (χ3v) is 4.98. The van der Waals surface area contributed by atoms with E-state index < -0.39 is 12.2 Å². The smallest absolute Gasteiger partial charge is 0.258 e. The Morgan fingerprint density at radius 3 is 2.63 bits per heavy atom. The number of anilines is 2. The topological polar surface area (TPSA) is 85.8 Å². The van der Waals surface area contributed by atoms with Gasteiger partial charge in [0.25, 0.3) is 5.91 Å². The van der Waals surface area contributed by atoms with Crippen LogP contribution in [-0.4, -0.2) is 33.4 Å². The van der Waals surface area contributed by atoms with E-state index in [1.807, 2.05) is 30.5 Å². The van der Waals surface area contributed by atoms with E-state index in [-0.39, 0.29) is 11.7 Å². The molecule has 27 heavy (non-hydrogen) atoms. The minimum absolute atomic E-state index is 0.189. The van der Waals surface area contributed by atoms with E-state index >= 15 is 0 Å². The molecule has 0 aliphatic rings. The monoisotopic (exact) mass is 387 g/mol. The van der Waals surface area contributed by atoms with E-state index in [0.29, 0.717) is 22.3 Å². The summed E-state index contributed by atoms with van der Waals surface area (Å²) < 4.78 is 15.2. The molecule has 2 heterocycles. The number of nitrogens with zero attached hydrogens (tertiary/aromatic N) is 3. The molecule has 0 fully saturated rings. The zero-order valence-electron chi connectivity index (χ0n) is 15.5. The molecular formula is C19H22FN5OS. The summed E-state index contributed by atoms with van der Waals surface area (Å²) in [6, 6.07) is 7.65. The highest BCUT2D eigenvalue weighted by Crippen LogP contribution is 2.30. The first kappa shape index (κ1) is 19.2. The summed E-state index contributed by atoms with van der Waals surface area (Å²) in [6.45, 7) is 2.85. The van der Waals surface area contributed by atoms with Crippen molar-refractivity contribution in [2.75, 3.05) is 24.0 Å². The van der Waals surface area contributed by atoms with Gasteiger partial charge in [0.2, 0.25) is 0 Å². The van der Waals surface area contributed by atoms with Gasteiger partial charge in [0.05, 0.1) is 16.5 Å². The lowest BCUT2D eigenvalue weighted by molar-refractivity contribution is 0.102. The predicted octanol–water partition coefficient (Wildman–Crippen LogP) is 3.83. The van der Waals surface area contributed by atoms with Gasteiger partial charge >= 0.3 is 0 Å². The SMILES string of the molecule is CSCc1ccc(NC(=O)c2cn(C(C)(C)CF)c3ncnc(N)c23)cc1. The Kier molecular flexibility index (Phi) is 5.36. The number of hydrogen-bond acceptors (Lipinski definition) is 5. The quantitative estimate of drug-likeness (QED) is 0.671. The molecule has 0 unspecified atom stereocenters. The fraction of sp³-hybridized carbons (Fsp3) is 0.316. The lowest BCUT2D eigenvalue weighted by Crippen LogP contribution is -2.28. The van der Waals surface area contributed by atoms with Gasteiger partial charge in [-0.15, -0.1) is 0 Å². The number of benzene rings is 1. The highest BCUT2D eigenvalue weighted by atomic mass is 32.2. The van der Waals surface area contributed by atoms with Crippen molar-refractivity contribution in [3.63, 3.8) is 0 Å². The Labute approximate surface area is 161 Å². The number of fused-ring (bicyclic) bond motifs is 1. The minimum Gasteiger partial charge on any atom is -0.383 e. The van der Waals surface area contributed by atoms with Crippen LogP contribution in [0.2, 0.25) is 0 Å². The van der Waals surface area contributed by atoms with Crippen LogP contribution >= 0.6 is 11.8 Å². The summed E-state index contributed by atoms with van der Waals surface area (Å²) in [5.41, 5.74) is 7.74. The number of halogens is 1. The fourth-order valence-electron chi connectivity index (χ4n) is 2.83. The Balaban J connectivity index is 1.99. The molecule has 0 aliphatic carbocycles. The van der Waals surface area contributed by atoms with E-state index in [4.69, 9.17) is 5.73 Å². The van der Waals surface area contributed by atoms with Crippen LogP contribution in [0.15, 0.2) is 36.8 Å². The van der Waals surface area contributed by atoms with Crippen molar-refractivity contribution >= 4 is 40.2 Å². The first-order chi connectivity index (χ1) is 12.9. The summed E-state index contributed by atoms with van der Waals surface area (Å²) in [5, 5.41) is 3.29. The van der Waals surface area contributed by atoms with E-state index in [2.05, 4.69) is 15.3 Å². The minimum atomic E-state index is -0.864. The number of carbonyl (C=O) groups excluding carboxylic acids is 1.